The topological polar surface area (TPSA) is 108 Å². The quantitative estimate of drug-likeness (QED) is 0.860. The number of nitrogens with one attached hydrogen (secondary N) is 1. The summed E-state index contributed by atoms with van der Waals surface area (Å²) in [6, 6.07) is 1.53. The Morgan fingerprint density at radius 2 is 2.04 bits per heavy atom. The number of amides is 1. The number of sulfone groups is 1. The summed E-state index contributed by atoms with van der Waals surface area (Å²) in [4.78, 5) is 16.2. The Bertz CT molecular complexity index is 895. The van der Waals surface area contributed by atoms with Crippen LogP contribution in [-0.4, -0.2) is 45.2 Å². The average molecular weight is 390 g/mol. The first-order valence-electron chi connectivity index (χ1n) is 7.45. The Labute approximate surface area is 150 Å². The van der Waals surface area contributed by atoms with Crippen molar-refractivity contribution in [2.75, 3.05) is 11.1 Å². The van der Waals surface area contributed by atoms with E-state index >= 15 is 0 Å². The SMILES string of the molecule is CCS(=O)(=O)c1c(NC(=O)OC(C)(C)C)nc(-n2ccc(Cl)n2)n1C. The van der Waals surface area contributed by atoms with Gasteiger partial charge in [0.1, 0.15) is 5.60 Å². The molecule has 2 aromatic heterocycles. The number of carbonyl (C=O) groups is 1. The fourth-order valence-electron chi connectivity index (χ4n) is 2.06. The predicted molar refractivity (Wildman–Crippen MR) is 92.9 cm³/mol. The zero-order chi connectivity index (χ0) is 19.0. The van der Waals surface area contributed by atoms with Gasteiger partial charge < -0.3 is 9.30 Å². The van der Waals surface area contributed by atoms with Crippen LogP contribution in [0.1, 0.15) is 27.7 Å². The molecule has 0 radical (unpaired) electrons. The Kier molecular flexibility index (Phi) is 5.14. The highest BCUT2D eigenvalue weighted by atomic mass is 35.5. The van der Waals surface area contributed by atoms with Crippen molar-refractivity contribution in [3.05, 3.63) is 17.4 Å². The lowest BCUT2D eigenvalue weighted by atomic mass is 10.2. The van der Waals surface area contributed by atoms with Gasteiger partial charge in [-0.2, -0.15) is 10.1 Å². The summed E-state index contributed by atoms with van der Waals surface area (Å²) in [5.41, 5.74) is -0.735. The standard InChI is InChI=1S/C14H20ClN5O4S/c1-6-25(22,23)11-10(17-13(21)24-14(2,3)4)16-12(19(11)5)20-8-7-9(15)18-20/h7-8H,6H2,1-5H3,(H,17,21). The zero-order valence-corrected chi connectivity index (χ0v) is 16.1. The van der Waals surface area contributed by atoms with Crippen LogP contribution in [0.25, 0.3) is 5.95 Å². The van der Waals surface area contributed by atoms with Gasteiger partial charge in [0.15, 0.2) is 25.8 Å². The molecule has 0 fully saturated rings. The van der Waals surface area contributed by atoms with E-state index in [4.69, 9.17) is 16.3 Å². The Hall–Kier alpha value is -2.07. The minimum Gasteiger partial charge on any atom is -0.444 e. The van der Waals surface area contributed by atoms with Gasteiger partial charge in [-0.15, -0.1) is 0 Å². The monoisotopic (exact) mass is 389 g/mol. The Morgan fingerprint density at radius 3 is 2.52 bits per heavy atom. The molecule has 2 heterocycles. The van der Waals surface area contributed by atoms with Gasteiger partial charge in [-0.25, -0.2) is 17.9 Å². The number of aromatic nitrogens is 4. The number of halogens is 1. The first kappa shape index (κ1) is 19.3. The van der Waals surface area contributed by atoms with Gasteiger partial charge in [0.05, 0.1) is 5.75 Å². The number of imidazole rings is 1. The maximum absolute atomic E-state index is 12.5. The highest BCUT2D eigenvalue weighted by Crippen LogP contribution is 2.25. The molecule has 0 aliphatic carbocycles. The lowest BCUT2D eigenvalue weighted by Gasteiger charge is -2.19. The van der Waals surface area contributed by atoms with Crippen LogP contribution in [0.2, 0.25) is 5.15 Å². The summed E-state index contributed by atoms with van der Waals surface area (Å²) in [5.74, 6) is -0.0975. The van der Waals surface area contributed by atoms with Gasteiger partial charge in [0, 0.05) is 13.2 Å². The van der Waals surface area contributed by atoms with Gasteiger partial charge in [0.25, 0.3) is 0 Å². The van der Waals surface area contributed by atoms with Crippen LogP contribution in [0, 0.1) is 0 Å². The summed E-state index contributed by atoms with van der Waals surface area (Å²) < 4.78 is 32.7. The lowest BCUT2D eigenvalue weighted by molar-refractivity contribution is 0.0635. The second-order valence-corrected chi connectivity index (χ2v) is 8.82. The first-order valence-corrected chi connectivity index (χ1v) is 9.48. The van der Waals surface area contributed by atoms with Crippen molar-refractivity contribution < 1.29 is 17.9 Å². The largest absolute Gasteiger partial charge is 0.444 e. The van der Waals surface area contributed by atoms with E-state index in [1.165, 1.54) is 35.5 Å². The van der Waals surface area contributed by atoms with E-state index in [1.54, 1.807) is 20.8 Å². The molecule has 0 aliphatic rings. The van der Waals surface area contributed by atoms with E-state index in [2.05, 4.69) is 15.4 Å². The van der Waals surface area contributed by atoms with Crippen LogP contribution in [0.15, 0.2) is 17.3 Å². The summed E-state index contributed by atoms with van der Waals surface area (Å²) in [7, 11) is -2.16. The van der Waals surface area contributed by atoms with E-state index in [0.29, 0.717) is 0 Å². The van der Waals surface area contributed by atoms with Crippen LogP contribution in [0.3, 0.4) is 0 Å². The molecule has 11 heteroatoms. The van der Waals surface area contributed by atoms with Crippen molar-refractivity contribution in [1.29, 1.82) is 0 Å². The molecule has 0 unspecified atom stereocenters. The summed E-state index contributed by atoms with van der Waals surface area (Å²) >= 11 is 5.81. The van der Waals surface area contributed by atoms with Crippen LogP contribution in [0.5, 0.6) is 0 Å². The molecule has 2 aromatic rings. The Balaban J connectivity index is 2.52. The minimum atomic E-state index is -3.67. The van der Waals surface area contributed by atoms with Crippen molar-refractivity contribution in [2.45, 2.75) is 38.3 Å². The smallest absolute Gasteiger partial charge is 0.413 e. The molecule has 9 nitrogen and oxygen atoms in total. The van der Waals surface area contributed by atoms with Crippen molar-refractivity contribution in [1.82, 2.24) is 19.3 Å². The highest BCUT2D eigenvalue weighted by molar-refractivity contribution is 7.91. The van der Waals surface area contributed by atoms with E-state index in [1.807, 2.05) is 0 Å². The molecule has 0 saturated carbocycles. The van der Waals surface area contributed by atoms with Gasteiger partial charge >= 0.3 is 6.09 Å². The maximum Gasteiger partial charge on any atom is 0.413 e. The number of hydrogen-bond donors (Lipinski definition) is 1. The minimum absolute atomic E-state index is 0.125. The van der Waals surface area contributed by atoms with Crippen molar-refractivity contribution in [3.63, 3.8) is 0 Å². The van der Waals surface area contributed by atoms with Gasteiger partial charge in [-0.1, -0.05) is 18.5 Å². The van der Waals surface area contributed by atoms with E-state index in [9.17, 15) is 13.2 Å². The van der Waals surface area contributed by atoms with E-state index in [0.717, 1.165) is 0 Å². The lowest BCUT2D eigenvalue weighted by Crippen LogP contribution is -2.28. The molecule has 0 aromatic carbocycles. The van der Waals surface area contributed by atoms with E-state index in [-0.39, 0.29) is 27.7 Å². The number of anilines is 1. The molecule has 0 saturated heterocycles. The predicted octanol–water partition coefficient (Wildman–Crippen LogP) is 2.40. The molecular formula is C14H20ClN5O4S. The maximum atomic E-state index is 12.5. The molecule has 2 rings (SSSR count). The van der Waals surface area contributed by atoms with E-state index < -0.39 is 21.5 Å². The number of rotatable bonds is 4. The number of nitrogens with zero attached hydrogens (tertiary/aromatic N) is 4. The fraction of sp³-hybridized carbons (Fsp3) is 0.500. The molecule has 25 heavy (non-hydrogen) atoms. The normalized spacial score (nSPS) is 12.2. The second kappa shape index (κ2) is 6.68. The molecule has 138 valence electrons. The molecular weight excluding hydrogens is 370 g/mol. The van der Waals surface area contributed by atoms with Gasteiger partial charge in [0.2, 0.25) is 5.95 Å². The highest BCUT2D eigenvalue weighted by Gasteiger charge is 2.28. The number of hydrogen-bond acceptors (Lipinski definition) is 6. The summed E-state index contributed by atoms with van der Waals surface area (Å²) in [5, 5.41) is 6.49. The van der Waals surface area contributed by atoms with Crippen LogP contribution >= 0.6 is 11.6 Å². The third-order valence-corrected chi connectivity index (χ3v) is 5.09. The third-order valence-electron chi connectivity index (χ3n) is 3.07. The van der Waals surface area contributed by atoms with Crippen LogP contribution in [0.4, 0.5) is 10.6 Å². The van der Waals surface area contributed by atoms with Gasteiger partial charge in [-0.3, -0.25) is 5.32 Å². The van der Waals surface area contributed by atoms with Crippen LogP contribution in [-0.2, 0) is 21.6 Å². The molecule has 0 spiro atoms. The Morgan fingerprint density at radius 1 is 1.40 bits per heavy atom. The summed E-state index contributed by atoms with van der Waals surface area (Å²) in [6.45, 7) is 6.60. The number of carbonyl (C=O) groups excluding carboxylic acids is 1. The van der Waals surface area contributed by atoms with Crippen LogP contribution < -0.4 is 5.32 Å². The second-order valence-electron chi connectivity index (χ2n) is 6.24. The van der Waals surface area contributed by atoms with Crippen molar-refractivity contribution >= 4 is 33.3 Å². The molecule has 0 bridgehead atoms. The fourth-order valence-corrected chi connectivity index (χ4v) is 3.37. The van der Waals surface area contributed by atoms with Gasteiger partial charge in [-0.05, 0) is 26.8 Å². The third kappa shape index (κ3) is 4.31. The van der Waals surface area contributed by atoms with Crippen molar-refractivity contribution in [2.24, 2.45) is 7.05 Å². The van der Waals surface area contributed by atoms with Crippen molar-refractivity contribution in [3.8, 4) is 5.95 Å². The molecule has 1 N–H and O–H groups in total. The molecule has 1 amide bonds. The molecule has 0 atom stereocenters. The summed E-state index contributed by atoms with van der Waals surface area (Å²) in [6.07, 6.45) is 0.729. The number of ether oxygens (including phenoxy) is 1. The first-order chi connectivity index (χ1) is 11.4. The average Bonchev–Trinajstić information content (AvgIpc) is 3.00. The molecule has 0 aliphatic heterocycles. The zero-order valence-electron chi connectivity index (χ0n) is 14.6.